The van der Waals surface area contributed by atoms with E-state index in [9.17, 15) is 4.79 Å². The van der Waals surface area contributed by atoms with Crippen LogP contribution in [0.4, 0.5) is 0 Å². The number of thioether (sulfide) groups is 1. The topological polar surface area (TPSA) is 34.9 Å². The number of rotatable bonds is 2. The summed E-state index contributed by atoms with van der Waals surface area (Å²) in [6.45, 7) is 9.02. The normalized spacial score (nSPS) is 17.3. The van der Waals surface area contributed by atoms with Crippen LogP contribution < -0.4 is 5.56 Å². The van der Waals surface area contributed by atoms with Crippen LogP contribution in [0.2, 0.25) is 0 Å². The predicted molar refractivity (Wildman–Crippen MR) is 117 cm³/mol. The molecule has 0 saturated carbocycles. The van der Waals surface area contributed by atoms with Gasteiger partial charge in [-0.1, -0.05) is 50.7 Å². The Bertz CT molecular complexity index is 1070. The van der Waals surface area contributed by atoms with Crippen LogP contribution in [-0.4, -0.2) is 15.8 Å². The number of aryl methyl sites for hydroxylation is 2. The molecule has 4 rings (SSSR count). The van der Waals surface area contributed by atoms with E-state index in [1.807, 2.05) is 42.0 Å². The van der Waals surface area contributed by atoms with Crippen LogP contribution in [-0.2, 0) is 12.8 Å². The molecule has 142 valence electrons. The van der Waals surface area contributed by atoms with Crippen molar-refractivity contribution >= 4 is 33.3 Å². The van der Waals surface area contributed by atoms with Gasteiger partial charge < -0.3 is 0 Å². The Labute approximate surface area is 168 Å². The first-order chi connectivity index (χ1) is 12.8. The third-order valence-electron chi connectivity index (χ3n) is 5.82. The van der Waals surface area contributed by atoms with Gasteiger partial charge in [0.15, 0.2) is 5.16 Å². The molecule has 0 N–H and O–H groups in total. The van der Waals surface area contributed by atoms with Crippen LogP contribution in [0, 0.1) is 18.3 Å². The van der Waals surface area contributed by atoms with Crippen molar-refractivity contribution in [1.29, 1.82) is 0 Å². The number of hydrogen-bond acceptors (Lipinski definition) is 4. The summed E-state index contributed by atoms with van der Waals surface area (Å²) in [6.07, 6.45) is 5.20. The molecule has 0 spiro atoms. The molecular weight excluding hydrogens is 372 g/mol. The maximum atomic E-state index is 13.6. The third kappa shape index (κ3) is 3.15. The lowest BCUT2D eigenvalue weighted by atomic mass is 9.72. The molecule has 3 nitrogen and oxygen atoms in total. The number of fused-ring (bicyclic) bond motifs is 3. The molecule has 0 fully saturated rings. The van der Waals surface area contributed by atoms with Gasteiger partial charge in [-0.15, -0.1) is 11.3 Å². The molecule has 0 amide bonds. The second-order valence-electron chi connectivity index (χ2n) is 8.52. The van der Waals surface area contributed by atoms with Crippen molar-refractivity contribution in [2.45, 2.75) is 52.1 Å². The monoisotopic (exact) mass is 398 g/mol. The predicted octanol–water partition coefficient (Wildman–Crippen LogP) is 5.63. The van der Waals surface area contributed by atoms with Crippen molar-refractivity contribution in [2.75, 3.05) is 6.26 Å². The second-order valence-corrected chi connectivity index (χ2v) is 10.4. The van der Waals surface area contributed by atoms with Crippen LogP contribution in [0.15, 0.2) is 34.2 Å². The summed E-state index contributed by atoms with van der Waals surface area (Å²) in [7, 11) is 0. The highest BCUT2D eigenvalue weighted by Crippen LogP contribution is 2.42. The van der Waals surface area contributed by atoms with Crippen molar-refractivity contribution in [1.82, 2.24) is 9.55 Å². The van der Waals surface area contributed by atoms with E-state index in [0.717, 1.165) is 45.9 Å². The lowest BCUT2D eigenvalue weighted by molar-refractivity contribution is 0.218. The summed E-state index contributed by atoms with van der Waals surface area (Å²) in [5.41, 5.74) is 3.67. The molecular formula is C22H26N2OS2. The van der Waals surface area contributed by atoms with E-state index in [1.54, 1.807) is 11.3 Å². The summed E-state index contributed by atoms with van der Waals surface area (Å²) in [6, 6.07) is 8.05. The molecule has 2 heterocycles. The number of hydrogen-bond donors (Lipinski definition) is 0. The summed E-state index contributed by atoms with van der Waals surface area (Å²) in [4.78, 5) is 20.8. The Morgan fingerprint density at radius 1 is 1.26 bits per heavy atom. The molecule has 1 aliphatic carbocycles. The van der Waals surface area contributed by atoms with Crippen LogP contribution in [0.3, 0.4) is 0 Å². The van der Waals surface area contributed by atoms with E-state index >= 15 is 0 Å². The molecule has 27 heavy (non-hydrogen) atoms. The highest BCUT2D eigenvalue weighted by atomic mass is 32.2. The molecule has 1 atom stereocenters. The number of benzene rings is 1. The molecule has 3 aromatic rings. The van der Waals surface area contributed by atoms with Crippen LogP contribution in [0.5, 0.6) is 0 Å². The number of thiophene rings is 1. The van der Waals surface area contributed by atoms with E-state index in [1.165, 1.54) is 22.2 Å². The molecule has 0 saturated heterocycles. The summed E-state index contributed by atoms with van der Waals surface area (Å²) in [5.74, 6) is 0.664. The Morgan fingerprint density at radius 3 is 2.67 bits per heavy atom. The average Bonchev–Trinajstić information content (AvgIpc) is 2.99. The molecule has 0 bridgehead atoms. The van der Waals surface area contributed by atoms with Crippen molar-refractivity contribution in [3.05, 3.63) is 50.6 Å². The lowest BCUT2D eigenvalue weighted by Gasteiger charge is -2.33. The van der Waals surface area contributed by atoms with Gasteiger partial charge in [0.05, 0.1) is 11.1 Å². The van der Waals surface area contributed by atoms with Gasteiger partial charge in [0.2, 0.25) is 0 Å². The first kappa shape index (κ1) is 18.8. The maximum absolute atomic E-state index is 13.6. The smallest absolute Gasteiger partial charge is 0.267 e. The first-order valence-electron chi connectivity index (χ1n) is 9.48. The molecule has 1 aliphatic rings. The highest BCUT2D eigenvalue weighted by molar-refractivity contribution is 7.98. The molecule has 5 heteroatoms. The molecule has 0 radical (unpaired) electrons. The largest absolute Gasteiger partial charge is 0.268 e. The van der Waals surface area contributed by atoms with Gasteiger partial charge in [-0.05, 0) is 61.0 Å². The van der Waals surface area contributed by atoms with Gasteiger partial charge in [-0.3, -0.25) is 9.36 Å². The van der Waals surface area contributed by atoms with Crippen molar-refractivity contribution in [2.24, 2.45) is 11.3 Å². The highest BCUT2D eigenvalue weighted by Gasteiger charge is 2.32. The van der Waals surface area contributed by atoms with E-state index in [2.05, 4.69) is 20.8 Å². The lowest BCUT2D eigenvalue weighted by Crippen LogP contribution is -2.27. The van der Waals surface area contributed by atoms with Gasteiger partial charge in [-0.25, -0.2) is 4.98 Å². The van der Waals surface area contributed by atoms with E-state index in [-0.39, 0.29) is 5.56 Å². The van der Waals surface area contributed by atoms with Gasteiger partial charge in [0, 0.05) is 4.88 Å². The Hall–Kier alpha value is -1.59. The fourth-order valence-electron chi connectivity index (χ4n) is 4.11. The number of nitrogens with zero attached hydrogens (tertiary/aromatic N) is 2. The Kier molecular flexibility index (Phi) is 4.71. The second kappa shape index (κ2) is 6.78. The Balaban J connectivity index is 1.95. The zero-order valence-electron chi connectivity index (χ0n) is 16.6. The van der Waals surface area contributed by atoms with Crippen molar-refractivity contribution < 1.29 is 0 Å². The summed E-state index contributed by atoms with van der Waals surface area (Å²) >= 11 is 3.27. The molecule has 2 aromatic heterocycles. The minimum atomic E-state index is 0.0883. The Morgan fingerprint density at radius 2 is 2.00 bits per heavy atom. The van der Waals surface area contributed by atoms with E-state index < -0.39 is 0 Å². The fraction of sp³-hybridized carbons (Fsp3) is 0.455. The fourth-order valence-corrected chi connectivity index (χ4v) is 6.00. The quantitative estimate of drug-likeness (QED) is 0.414. The van der Waals surface area contributed by atoms with Crippen LogP contribution in [0.1, 0.15) is 43.2 Å². The number of para-hydroxylation sites is 1. The van der Waals surface area contributed by atoms with Gasteiger partial charge in [-0.2, -0.15) is 0 Å². The van der Waals surface area contributed by atoms with Gasteiger partial charge in [0.1, 0.15) is 4.83 Å². The minimum absolute atomic E-state index is 0.0883. The SMILES string of the molecule is CSc1nc2sc3c(c2c(=O)n1-c1ccccc1C)CC[C@H](C(C)(C)C)C3. The van der Waals surface area contributed by atoms with Crippen LogP contribution in [0.25, 0.3) is 15.9 Å². The summed E-state index contributed by atoms with van der Waals surface area (Å²) < 4.78 is 1.81. The van der Waals surface area contributed by atoms with E-state index in [4.69, 9.17) is 4.98 Å². The standard InChI is InChI=1S/C22H26N2OS2/c1-13-8-6-7-9-16(13)24-20(25)18-15-11-10-14(22(2,3)4)12-17(15)27-19(18)23-21(24)26-5/h6-9,14H,10-12H2,1-5H3/t14-/m0/s1. The number of aromatic nitrogens is 2. The molecule has 0 unspecified atom stereocenters. The molecule has 0 aliphatic heterocycles. The van der Waals surface area contributed by atoms with Crippen LogP contribution >= 0.6 is 23.1 Å². The maximum Gasteiger partial charge on any atom is 0.267 e. The van der Waals surface area contributed by atoms with Gasteiger partial charge in [0.25, 0.3) is 5.56 Å². The van der Waals surface area contributed by atoms with Crippen molar-refractivity contribution in [3.8, 4) is 5.69 Å². The third-order valence-corrected chi connectivity index (χ3v) is 7.60. The molecule has 1 aromatic carbocycles. The zero-order chi connectivity index (χ0) is 19.3. The average molecular weight is 399 g/mol. The first-order valence-corrected chi connectivity index (χ1v) is 11.5. The van der Waals surface area contributed by atoms with E-state index in [0.29, 0.717) is 11.3 Å². The summed E-state index contributed by atoms with van der Waals surface area (Å²) in [5, 5.41) is 1.62. The zero-order valence-corrected chi connectivity index (χ0v) is 18.3. The van der Waals surface area contributed by atoms with Gasteiger partial charge >= 0.3 is 0 Å². The van der Waals surface area contributed by atoms with Crippen molar-refractivity contribution in [3.63, 3.8) is 0 Å². The minimum Gasteiger partial charge on any atom is -0.268 e.